The van der Waals surface area contributed by atoms with Crippen LogP contribution in [0, 0.1) is 0 Å². The molecule has 9 heavy (non-hydrogen) atoms. The molecular formula is C5H11NO3. The van der Waals surface area contributed by atoms with Crippen LogP contribution in [0.5, 0.6) is 0 Å². The summed E-state index contributed by atoms with van der Waals surface area (Å²) in [6, 6.07) is 0. The molecule has 0 aliphatic rings. The molecule has 0 fully saturated rings. The van der Waals surface area contributed by atoms with Gasteiger partial charge in [0.15, 0.2) is 0 Å². The molecule has 0 saturated heterocycles. The van der Waals surface area contributed by atoms with E-state index in [1.807, 2.05) is 0 Å². The molecule has 0 radical (unpaired) electrons. The zero-order valence-electron chi connectivity index (χ0n) is 5.55. The molecule has 0 rings (SSSR count). The van der Waals surface area contributed by atoms with E-state index in [-0.39, 0.29) is 0 Å². The lowest BCUT2D eigenvalue weighted by Gasteiger charge is -2.06. The van der Waals surface area contributed by atoms with E-state index in [9.17, 15) is 4.79 Å². The Kier molecular flexibility index (Phi) is 4.00. The van der Waals surface area contributed by atoms with Gasteiger partial charge >= 0.3 is 0 Å². The number of hydrogen-bond acceptors (Lipinski definition) is 3. The first-order valence-electron chi connectivity index (χ1n) is 2.71. The first-order chi connectivity index (χ1) is 4.22. The van der Waals surface area contributed by atoms with Crippen LogP contribution in [0.15, 0.2) is 0 Å². The molecular weight excluding hydrogens is 122 g/mol. The number of methoxy groups -OCH3 is 1. The summed E-state index contributed by atoms with van der Waals surface area (Å²) in [7, 11) is 1.26. The van der Waals surface area contributed by atoms with Crippen LogP contribution in [-0.2, 0) is 9.53 Å². The van der Waals surface area contributed by atoms with Crippen LogP contribution in [0.3, 0.4) is 0 Å². The standard InChI is InChI=1S/C5H11NO3/c1-3-6-4(7)5(8)9-2/h5,8H,3H2,1-2H3,(H,6,7). The number of likely N-dealkylation sites (N-methyl/N-ethyl adjacent to an activating group) is 1. The third-order valence-electron chi connectivity index (χ3n) is 0.799. The Bertz CT molecular complexity index is 94.2. The van der Waals surface area contributed by atoms with E-state index in [0.29, 0.717) is 6.54 Å². The Morgan fingerprint density at radius 2 is 2.44 bits per heavy atom. The number of amides is 1. The molecule has 1 atom stereocenters. The van der Waals surface area contributed by atoms with E-state index in [0.717, 1.165) is 0 Å². The van der Waals surface area contributed by atoms with E-state index in [4.69, 9.17) is 5.11 Å². The van der Waals surface area contributed by atoms with E-state index < -0.39 is 12.2 Å². The minimum atomic E-state index is -1.33. The Labute approximate surface area is 53.8 Å². The number of aliphatic hydroxyl groups excluding tert-OH is 1. The van der Waals surface area contributed by atoms with Gasteiger partial charge in [-0.3, -0.25) is 4.79 Å². The van der Waals surface area contributed by atoms with Crippen molar-refractivity contribution in [1.82, 2.24) is 5.32 Å². The summed E-state index contributed by atoms with van der Waals surface area (Å²) in [5, 5.41) is 11.0. The van der Waals surface area contributed by atoms with Gasteiger partial charge in [0.2, 0.25) is 6.29 Å². The van der Waals surface area contributed by atoms with Crippen LogP contribution in [0.2, 0.25) is 0 Å². The van der Waals surface area contributed by atoms with Crippen LogP contribution in [-0.4, -0.2) is 31.0 Å². The van der Waals surface area contributed by atoms with E-state index in [1.165, 1.54) is 7.11 Å². The van der Waals surface area contributed by atoms with Gasteiger partial charge in [-0.15, -0.1) is 0 Å². The highest BCUT2D eigenvalue weighted by molar-refractivity contribution is 5.78. The van der Waals surface area contributed by atoms with Crippen molar-refractivity contribution in [3.05, 3.63) is 0 Å². The summed E-state index contributed by atoms with van der Waals surface area (Å²) in [6.45, 7) is 2.26. The number of rotatable bonds is 3. The number of nitrogens with one attached hydrogen (secondary N) is 1. The topological polar surface area (TPSA) is 58.6 Å². The van der Waals surface area contributed by atoms with Gasteiger partial charge < -0.3 is 15.2 Å². The lowest BCUT2D eigenvalue weighted by molar-refractivity contribution is -0.152. The van der Waals surface area contributed by atoms with E-state index >= 15 is 0 Å². The fourth-order valence-corrected chi connectivity index (χ4v) is 0.369. The molecule has 4 heteroatoms. The van der Waals surface area contributed by atoms with Crippen LogP contribution in [0.4, 0.5) is 0 Å². The van der Waals surface area contributed by atoms with Crippen LogP contribution < -0.4 is 5.32 Å². The van der Waals surface area contributed by atoms with Gasteiger partial charge in [-0.05, 0) is 6.92 Å². The number of carbonyl (C=O) groups is 1. The highest BCUT2D eigenvalue weighted by atomic mass is 16.6. The van der Waals surface area contributed by atoms with Crippen molar-refractivity contribution in [2.45, 2.75) is 13.2 Å². The third kappa shape index (κ3) is 3.05. The summed E-state index contributed by atoms with van der Waals surface area (Å²) >= 11 is 0. The van der Waals surface area contributed by atoms with Crippen LogP contribution in [0.1, 0.15) is 6.92 Å². The van der Waals surface area contributed by atoms with E-state index in [1.54, 1.807) is 6.92 Å². The van der Waals surface area contributed by atoms with Gasteiger partial charge in [0.05, 0.1) is 0 Å². The van der Waals surface area contributed by atoms with Crippen LogP contribution in [0.25, 0.3) is 0 Å². The molecule has 0 aliphatic carbocycles. The molecule has 0 aromatic carbocycles. The number of carbonyl (C=O) groups excluding carboxylic acids is 1. The lowest BCUT2D eigenvalue weighted by Crippen LogP contribution is -2.35. The Hall–Kier alpha value is -0.610. The Morgan fingerprint density at radius 3 is 2.78 bits per heavy atom. The predicted octanol–water partition coefficient (Wildman–Crippen LogP) is -0.913. The summed E-state index contributed by atoms with van der Waals surface area (Å²) < 4.78 is 4.31. The molecule has 0 aliphatic heterocycles. The Morgan fingerprint density at radius 1 is 1.89 bits per heavy atom. The zero-order chi connectivity index (χ0) is 7.28. The minimum Gasteiger partial charge on any atom is -0.361 e. The average molecular weight is 133 g/mol. The second-order valence-corrected chi connectivity index (χ2v) is 1.48. The van der Waals surface area contributed by atoms with Crippen molar-refractivity contribution in [3.8, 4) is 0 Å². The summed E-state index contributed by atoms with van der Waals surface area (Å²) in [4.78, 5) is 10.5. The first-order valence-corrected chi connectivity index (χ1v) is 2.71. The summed E-state index contributed by atoms with van der Waals surface area (Å²) in [5.41, 5.74) is 0. The number of aliphatic hydroxyl groups is 1. The molecule has 0 saturated carbocycles. The quantitative estimate of drug-likeness (QED) is 0.490. The molecule has 0 aromatic rings. The SMILES string of the molecule is CCNC(=O)C(O)OC. The maximum absolute atomic E-state index is 10.5. The van der Waals surface area contributed by atoms with Gasteiger partial charge in [-0.25, -0.2) is 0 Å². The molecule has 1 amide bonds. The molecule has 0 bridgehead atoms. The van der Waals surface area contributed by atoms with E-state index in [2.05, 4.69) is 10.1 Å². The van der Waals surface area contributed by atoms with Crippen molar-refractivity contribution in [3.63, 3.8) is 0 Å². The zero-order valence-corrected chi connectivity index (χ0v) is 5.55. The molecule has 1 unspecified atom stereocenters. The number of hydrogen-bond donors (Lipinski definition) is 2. The molecule has 0 spiro atoms. The van der Waals surface area contributed by atoms with Gasteiger partial charge in [-0.1, -0.05) is 0 Å². The summed E-state index contributed by atoms with van der Waals surface area (Å²) in [5.74, 6) is -0.500. The van der Waals surface area contributed by atoms with Crippen molar-refractivity contribution < 1.29 is 14.6 Å². The summed E-state index contributed by atoms with van der Waals surface area (Å²) in [6.07, 6.45) is -1.33. The van der Waals surface area contributed by atoms with Crippen molar-refractivity contribution in [2.75, 3.05) is 13.7 Å². The van der Waals surface area contributed by atoms with Crippen molar-refractivity contribution in [1.29, 1.82) is 0 Å². The third-order valence-corrected chi connectivity index (χ3v) is 0.799. The molecule has 0 aromatic heterocycles. The second kappa shape index (κ2) is 4.29. The van der Waals surface area contributed by atoms with Crippen LogP contribution >= 0.6 is 0 Å². The lowest BCUT2D eigenvalue weighted by atomic mass is 10.5. The van der Waals surface area contributed by atoms with Gasteiger partial charge in [0.25, 0.3) is 5.91 Å². The van der Waals surface area contributed by atoms with Gasteiger partial charge in [0, 0.05) is 13.7 Å². The molecule has 54 valence electrons. The maximum Gasteiger partial charge on any atom is 0.276 e. The smallest absolute Gasteiger partial charge is 0.276 e. The largest absolute Gasteiger partial charge is 0.361 e. The maximum atomic E-state index is 10.5. The fourth-order valence-electron chi connectivity index (χ4n) is 0.369. The highest BCUT2D eigenvalue weighted by Crippen LogP contribution is 1.80. The monoisotopic (exact) mass is 133 g/mol. The van der Waals surface area contributed by atoms with Gasteiger partial charge in [0.1, 0.15) is 0 Å². The minimum absolute atomic E-state index is 0.499. The Balaban J connectivity index is 3.46. The first kappa shape index (κ1) is 8.39. The van der Waals surface area contributed by atoms with Crippen molar-refractivity contribution in [2.24, 2.45) is 0 Å². The second-order valence-electron chi connectivity index (χ2n) is 1.48. The molecule has 2 N–H and O–H groups in total. The van der Waals surface area contributed by atoms with Gasteiger partial charge in [-0.2, -0.15) is 0 Å². The normalized spacial score (nSPS) is 12.8. The number of ether oxygens (including phenoxy) is 1. The fraction of sp³-hybridized carbons (Fsp3) is 0.800. The average Bonchev–Trinajstić information content (AvgIpc) is 1.87. The molecule has 4 nitrogen and oxygen atoms in total. The molecule has 0 heterocycles. The highest BCUT2D eigenvalue weighted by Gasteiger charge is 2.10. The van der Waals surface area contributed by atoms with Crippen molar-refractivity contribution >= 4 is 5.91 Å². The predicted molar refractivity (Wildman–Crippen MR) is 31.7 cm³/mol.